The first-order valence-corrected chi connectivity index (χ1v) is 7.96. The lowest BCUT2D eigenvalue weighted by atomic mass is 10.2. The lowest BCUT2D eigenvalue weighted by Gasteiger charge is -2.07. The van der Waals surface area contributed by atoms with Crippen molar-refractivity contribution >= 4 is 23.7 Å². The largest absolute Gasteiger partial charge is 0.497 e. The van der Waals surface area contributed by atoms with E-state index >= 15 is 0 Å². The Hall–Kier alpha value is -3.68. The maximum absolute atomic E-state index is 11.9. The summed E-state index contributed by atoms with van der Waals surface area (Å²) in [5.74, 6) is -2.04. The molecule has 27 heavy (non-hydrogen) atoms. The van der Waals surface area contributed by atoms with Gasteiger partial charge in [0.25, 0.3) is 17.7 Å². The van der Waals surface area contributed by atoms with Crippen molar-refractivity contribution in [1.82, 2.24) is 10.6 Å². The third kappa shape index (κ3) is 6.28. The minimum atomic E-state index is -0.806. The minimum Gasteiger partial charge on any atom is -0.497 e. The van der Waals surface area contributed by atoms with Crippen LogP contribution < -0.4 is 15.4 Å². The molecule has 8 nitrogen and oxygen atoms in total. The quantitative estimate of drug-likeness (QED) is 0.702. The van der Waals surface area contributed by atoms with Crippen LogP contribution in [0.15, 0.2) is 54.6 Å². The van der Waals surface area contributed by atoms with Crippen LogP contribution in [0, 0.1) is 0 Å². The molecule has 0 heterocycles. The number of rotatable bonds is 7. The number of hydrogen-bond acceptors (Lipinski definition) is 6. The highest BCUT2D eigenvalue weighted by molar-refractivity contribution is 6.05. The number of nitrogens with one attached hydrogen (secondary N) is 2. The average molecular weight is 370 g/mol. The van der Waals surface area contributed by atoms with E-state index in [2.05, 4.69) is 10.6 Å². The molecule has 0 saturated heterocycles. The number of methoxy groups -OCH3 is 1. The lowest BCUT2D eigenvalue weighted by Crippen LogP contribution is -2.36. The van der Waals surface area contributed by atoms with Gasteiger partial charge in [-0.2, -0.15) is 0 Å². The van der Waals surface area contributed by atoms with Crippen molar-refractivity contribution < 1.29 is 28.7 Å². The molecule has 0 aromatic heterocycles. The number of carbonyl (C=O) groups is 4. The molecule has 2 aromatic rings. The number of imide groups is 1. The van der Waals surface area contributed by atoms with Gasteiger partial charge in [-0.15, -0.1) is 0 Å². The second-order valence-corrected chi connectivity index (χ2v) is 5.32. The van der Waals surface area contributed by atoms with Crippen molar-refractivity contribution in [2.45, 2.75) is 0 Å². The molecular formula is C19H18N2O6. The van der Waals surface area contributed by atoms with Gasteiger partial charge in [0, 0.05) is 11.1 Å². The van der Waals surface area contributed by atoms with Crippen molar-refractivity contribution in [3.05, 3.63) is 65.7 Å². The summed E-state index contributed by atoms with van der Waals surface area (Å²) in [7, 11) is 1.51. The molecule has 0 fully saturated rings. The normalized spacial score (nSPS) is 9.81. The monoisotopic (exact) mass is 370 g/mol. The van der Waals surface area contributed by atoms with E-state index in [0.717, 1.165) is 0 Å². The third-order valence-corrected chi connectivity index (χ3v) is 3.40. The van der Waals surface area contributed by atoms with Gasteiger partial charge < -0.3 is 14.8 Å². The van der Waals surface area contributed by atoms with Crippen molar-refractivity contribution in [3.8, 4) is 5.75 Å². The van der Waals surface area contributed by atoms with Gasteiger partial charge in [-0.1, -0.05) is 18.2 Å². The van der Waals surface area contributed by atoms with E-state index in [1.54, 1.807) is 54.6 Å². The number of hydrogen-bond donors (Lipinski definition) is 2. The summed E-state index contributed by atoms with van der Waals surface area (Å²) in [6, 6.07) is 14.5. The number of carbonyl (C=O) groups excluding carboxylic acids is 4. The Labute approximate surface area is 155 Å². The van der Waals surface area contributed by atoms with E-state index in [4.69, 9.17) is 9.47 Å². The summed E-state index contributed by atoms with van der Waals surface area (Å²) in [6.07, 6.45) is 0. The standard InChI is InChI=1S/C19H18N2O6/c1-26-15-9-7-14(8-10-15)18(24)20-11-17(23)27-12-16(22)21-19(25)13-5-3-2-4-6-13/h2-10H,11-12H2,1H3,(H,20,24)(H,21,22,25). The molecule has 0 aliphatic heterocycles. The fourth-order valence-corrected chi connectivity index (χ4v) is 2.02. The van der Waals surface area contributed by atoms with E-state index in [-0.39, 0.29) is 0 Å². The Morgan fingerprint density at radius 2 is 1.48 bits per heavy atom. The highest BCUT2D eigenvalue weighted by Crippen LogP contribution is 2.10. The lowest BCUT2D eigenvalue weighted by molar-refractivity contribution is -0.147. The summed E-state index contributed by atoms with van der Waals surface area (Å²) in [6.45, 7) is -1.04. The number of benzene rings is 2. The first kappa shape index (κ1) is 19.6. The molecule has 0 atom stereocenters. The predicted octanol–water partition coefficient (Wildman–Crippen LogP) is 0.925. The van der Waals surface area contributed by atoms with Gasteiger partial charge in [0.15, 0.2) is 6.61 Å². The molecule has 0 aliphatic rings. The third-order valence-electron chi connectivity index (χ3n) is 3.40. The van der Waals surface area contributed by atoms with Crippen molar-refractivity contribution in [2.75, 3.05) is 20.3 Å². The summed E-state index contributed by atoms with van der Waals surface area (Å²) in [5.41, 5.74) is 0.652. The van der Waals surface area contributed by atoms with Crippen LogP contribution in [-0.2, 0) is 14.3 Å². The summed E-state index contributed by atoms with van der Waals surface area (Å²) in [4.78, 5) is 46.9. The second-order valence-electron chi connectivity index (χ2n) is 5.32. The van der Waals surface area contributed by atoms with Crippen molar-refractivity contribution in [1.29, 1.82) is 0 Å². The molecule has 3 amide bonds. The first-order valence-electron chi connectivity index (χ1n) is 7.96. The maximum atomic E-state index is 11.9. The van der Waals surface area contributed by atoms with Crippen LogP contribution >= 0.6 is 0 Å². The van der Waals surface area contributed by atoms with Gasteiger partial charge >= 0.3 is 5.97 Å². The molecular weight excluding hydrogens is 352 g/mol. The zero-order chi connectivity index (χ0) is 19.6. The van der Waals surface area contributed by atoms with Crippen LogP contribution in [0.25, 0.3) is 0 Å². The molecule has 0 bridgehead atoms. The highest BCUT2D eigenvalue weighted by Gasteiger charge is 2.13. The van der Waals surface area contributed by atoms with Gasteiger partial charge in [0.05, 0.1) is 7.11 Å². The molecule has 2 N–H and O–H groups in total. The fourth-order valence-electron chi connectivity index (χ4n) is 2.02. The predicted molar refractivity (Wildman–Crippen MR) is 95.2 cm³/mol. The smallest absolute Gasteiger partial charge is 0.325 e. The Morgan fingerprint density at radius 3 is 2.11 bits per heavy atom. The van der Waals surface area contributed by atoms with E-state index in [1.165, 1.54) is 7.11 Å². The van der Waals surface area contributed by atoms with E-state index in [0.29, 0.717) is 16.9 Å². The number of ether oxygens (including phenoxy) is 2. The number of amides is 3. The highest BCUT2D eigenvalue weighted by atomic mass is 16.5. The Morgan fingerprint density at radius 1 is 0.852 bits per heavy atom. The molecule has 140 valence electrons. The number of esters is 1. The summed E-state index contributed by atoms with van der Waals surface area (Å²) in [5, 5.41) is 4.47. The van der Waals surface area contributed by atoms with Gasteiger partial charge in [-0.3, -0.25) is 24.5 Å². The molecule has 8 heteroatoms. The van der Waals surface area contributed by atoms with Gasteiger partial charge in [-0.05, 0) is 36.4 Å². The Balaban J connectivity index is 1.71. The summed E-state index contributed by atoms with van der Waals surface area (Å²) < 4.78 is 9.71. The fraction of sp³-hybridized carbons (Fsp3) is 0.158. The Bertz CT molecular complexity index is 818. The van der Waals surface area contributed by atoms with Crippen LogP contribution in [-0.4, -0.2) is 44.0 Å². The first-order chi connectivity index (χ1) is 13.0. The molecule has 2 rings (SSSR count). The molecule has 0 saturated carbocycles. The van der Waals surface area contributed by atoms with E-state index < -0.39 is 36.8 Å². The van der Waals surface area contributed by atoms with Crippen LogP contribution in [0.1, 0.15) is 20.7 Å². The van der Waals surface area contributed by atoms with Crippen molar-refractivity contribution in [3.63, 3.8) is 0 Å². The Kier molecular flexibility index (Phi) is 7.07. The molecule has 0 spiro atoms. The second kappa shape index (κ2) is 9.71. The topological polar surface area (TPSA) is 111 Å². The molecule has 2 aromatic carbocycles. The zero-order valence-electron chi connectivity index (χ0n) is 14.6. The van der Waals surface area contributed by atoms with Crippen LogP contribution in [0.2, 0.25) is 0 Å². The van der Waals surface area contributed by atoms with Crippen LogP contribution in [0.3, 0.4) is 0 Å². The molecule has 0 unspecified atom stereocenters. The van der Waals surface area contributed by atoms with E-state index in [1.807, 2.05) is 0 Å². The molecule has 0 aliphatic carbocycles. The minimum absolute atomic E-state index is 0.309. The maximum Gasteiger partial charge on any atom is 0.325 e. The molecule has 0 radical (unpaired) electrons. The zero-order valence-corrected chi connectivity index (χ0v) is 14.6. The van der Waals surface area contributed by atoms with E-state index in [9.17, 15) is 19.2 Å². The SMILES string of the molecule is COc1ccc(C(=O)NCC(=O)OCC(=O)NC(=O)c2ccccc2)cc1. The van der Waals surface area contributed by atoms with Crippen LogP contribution in [0.4, 0.5) is 0 Å². The van der Waals surface area contributed by atoms with Crippen LogP contribution in [0.5, 0.6) is 5.75 Å². The van der Waals surface area contributed by atoms with Gasteiger partial charge in [0.2, 0.25) is 0 Å². The average Bonchev–Trinajstić information content (AvgIpc) is 2.71. The van der Waals surface area contributed by atoms with Crippen molar-refractivity contribution in [2.24, 2.45) is 0 Å². The van der Waals surface area contributed by atoms with Gasteiger partial charge in [-0.25, -0.2) is 0 Å². The summed E-state index contributed by atoms with van der Waals surface area (Å²) >= 11 is 0. The van der Waals surface area contributed by atoms with Gasteiger partial charge in [0.1, 0.15) is 12.3 Å².